The normalized spacial score (nSPS) is 10.3. The van der Waals surface area contributed by atoms with Crippen molar-refractivity contribution >= 4 is 17.6 Å². The van der Waals surface area contributed by atoms with E-state index in [2.05, 4.69) is 9.88 Å². The summed E-state index contributed by atoms with van der Waals surface area (Å²) in [6.45, 7) is 5.31. The third-order valence-corrected chi connectivity index (χ3v) is 2.72. The summed E-state index contributed by atoms with van der Waals surface area (Å²) in [6, 6.07) is 10.2. The SMILES string of the molecule is CC(C)(C)OO.O=[N+]([O-])c1ccc(N=Cc2ccccc2O)c(O)c1.[O]=[V]. The molecule has 0 radical (unpaired) electrons. The zero-order valence-corrected chi connectivity index (χ0v) is 16.3. The molecule has 2 aromatic carbocycles. The number of phenolic OH excluding ortho intramolecular Hbond substituents is 2. The van der Waals surface area contributed by atoms with Crippen molar-refractivity contribution in [2.24, 2.45) is 4.99 Å². The van der Waals surface area contributed by atoms with Crippen molar-refractivity contribution in [3.63, 3.8) is 0 Å². The van der Waals surface area contributed by atoms with Crippen molar-refractivity contribution in [2.75, 3.05) is 0 Å². The third-order valence-electron chi connectivity index (χ3n) is 2.72. The summed E-state index contributed by atoms with van der Waals surface area (Å²) in [5.41, 5.74) is 0.0631. The Morgan fingerprint density at radius 2 is 1.67 bits per heavy atom. The van der Waals surface area contributed by atoms with Crippen molar-refractivity contribution in [1.82, 2.24) is 0 Å². The van der Waals surface area contributed by atoms with Gasteiger partial charge in [0.1, 0.15) is 17.2 Å². The number of nitro groups is 1. The summed E-state index contributed by atoms with van der Waals surface area (Å²) in [5.74, 6) is -0.228. The van der Waals surface area contributed by atoms with Crippen LogP contribution in [0.15, 0.2) is 47.5 Å². The van der Waals surface area contributed by atoms with Crippen LogP contribution in [0, 0.1) is 10.1 Å². The van der Waals surface area contributed by atoms with Crippen LogP contribution in [-0.4, -0.2) is 32.2 Å². The molecule has 0 amide bonds. The van der Waals surface area contributed by atoms with Gasteiger partial charge >= 0.3 is 21.0 Å². The summed E-state index contributed by atoms with van der Waals surface area (Å²) < 4.78 is 8.19. The van der Waals surface area contributed by atoms with Crippen molar-refractivity contribution in [1.29, 1.82) is 0 Å². The topological polar surface area (TPSA) is 142 Å². The molecule has 0 aliphatic heterocycles. The van der Waals surface area contributed by atoms with E-state index in [-0.39, 0.29) is 22.9 Å². The number of nitro benzene ring substituents is 1. The van der Waals surface area contributed by atoms with Crippen LogP contribution in [0.25, 0.3) is 0 Å². The van der Waals surface area contributed by atoms with Gasteiger partial charge in [-0.2, -0.15) is 0 Å². The number of nitrogens with zero attached hydrogens (tertiary/aromatic N) is 2. The minimum absolute atomic E-state index is 0.0626. The van der Waals surface area contributed by atoms with E-state index >= 15 is 0 Å². The van der Waals surface area contributed by atoms with Gasteiger partial charge in [-0.05, 0) is 39.0 Å². The molecule has 0 saturated heterocycles. The molecule has 0 aromatic heterocycles. The van der Waals surface area contributed by atoms with Crippen molar-refractivity contribution in [2.45, 2.75) is 26.4 Å². The Hall–Kier alpha value is -2.59. The van der Waals surface area contributed by atoms with Crippen LogP contribution in [-0.2, 0) is 25.9 Å². The fraction of sp³-hybridized carbons (Fsp3) is 0.235. The number of rotatable bonds is 3. The van der Waals surface area contributed by atoms with Gasteiger partial charge in [-0.3, -0.25) is 20.4 Å². The first-order valence-electron chi connectivity index (χ1n) is 7.44. The number of para-hydroxylation sites is 1. The maximum atomic E-state index is 10.5. The van der Waals surface area contributed by atoms with E-state index in [1.165, 1.54) is 24.4 Å². The zero-order chi connectivity index (χ0) is 21.0. The molecule has 0 atom stereocenters. The number of hydrogen-bond donors (Lipinski definition) is 3. The van der Waals surface area contributed by atoms with Crippen LogP contribution < -0.4 is 0 Å². The van der Waals surface area contributed by atoms with Gasteiger partial charge < -0.3 is 10.2 Å². The molecular formula is C17H20N2O7V. The number of aliphatic imine (C=N–C) groups is 1. The van der Waals surface area contributed by atoms with Crippen LogP contribution in [0.1, 0.15) is 26.3 Å². The Morgan fingerprint density at radius 3 is 2.11 bits per heavy atom. The average molecular weight is 415 g/mol. The number of aromatic hydroxyl groups is 2. The van der Waals surface area contributed by atoms with E-state index in [4.69, 9.17) is 8.93 Å². The molecule has 0 aliphatic carbocycles. The summed E-state index contributed by atoms with van der Waals surface area (Å²) in [7, 11) is 0. The maximum absolute atomic E-state index is 10.5. The number of hydrogen-bond acceptors (Lipinski definition) is 8. The average Bonchev–Trinajstić information content (AvgIpc) is 2.63. The van der Waals surface area contributed by atoms with E-state index in [0.717, 1.165) is 23.4 Å². The van der Waals surface area contributed by atoms with Crippen molar-refractivity contribution in [3.8, 4) is 11.5 Å². The monoisotopic (exact) mass is 415 g/mol. The van der Waals surface area contributed by atoms with Gasteiger partial charge in [0, 0.05) is 17.8 Å². The minimum atomic E-state index is -0.601. The Bertz CT molecular complexity index is 776. The van der Waals surface area contributed by atoms with Gasteiger partial charge in [0.15, 0.2) is 0 Å². The first-order valence-corrected chi connectivity index (χ1v) is 8.01. The van der Waals surface area contributed by atoms with Crippen molar-refractivity contribution < 1.29 is 46.3 Å². The van der Waals surface area contributed by atoms with Gasteiger partial charge in [-0.25, -0.2) is 4.89 Å². The van der Waals surface area contributed by atoms with Gasteiger partial charge in [0.05, 0.1) is 16.6 Å². The van der Waals surface area contributed by atoms with Gasteiger partial charge in [0.25, 0.3) is 5.69 Å². The fourth-order valence-corrected chi connectivity index (χ4v) is 1.47. The molecular weight excluding hydrogens is 395 g/mol. The molecule has 0 bridgehead atoms. The van der Waals surface area contributed by atoms with Gasteiger partial charge in [-0.1, -0.05) is 12.1 Å². The van der Waals surface area contributed by atoms with E-state index in [1.54, 1.807) is 39.0 Å². The summed E-state index contributed by atoms with van der Waals surface area (Å²) in [6.07, 6.45) is 1.37. The number of benzene rings is 2. The van der Waals surface area contributed by atoms with Crippen LogP contribution in [0.2, 0.25) is 0 Å². The molecule has 145 valence electrons. The van der Waals surface area contributed by atoms with Crippen LogP contribution in [0.5, 0.6) is 11.5 Å². The summed E-state index contributed by atoms with van der Waals surface area (Å²) in [5, 5.41) is 37.6. The molecule has 0 unspecified atom stereocenters. The quantitative estimate of drug-likeness (QED) is 0.298. The molecule has 10 heteroatoms. The van der Waals surface area contributed by atoms with Gasteiger partial charge in [0.2, 0.25) is 0 Å². The van der Waals surface area contributed by atoms with E-state index in [0.29, 0.717) is 5.56 Å². The first kappa shape index (κ1) is 24.4. The number of non-ortho nitro benzene ring substituents is 1. The zero-order valence-electron chi connectivity index (χ0n) is 14.9. The standard InChI is InChI=1S/C13H10N2O4.C4H10O2.O.V/c16-12-4-2-1-3-9(12)8-14-11-6-5-10(15(18)19)7-13(11)17;1-4(2,3)6-5;;/h1-8,16-17H;5H,1-3H3;;. The van der Waals surface area contributed by atoms with Crippen LogP contribution >= 0.6 is 0 Å². The Morgan fingerprint density at radius 1 is 1.11 bits per heavy atom. The molecule has 2 aromatic rings. The Kier molecular flexibility index (Phi) is 10.8. The summed E-state index contributed by atoms with van der Waals surface area (Å²) >= 11 is 1.06. The molecule has 0 heterocycles. The predicted molar refractivity (Wildman–Crippen MR) is 94.3 cm³/mol. The first-order chi connectivity index (χ1) is 12.6. The molecule has 0 saturated carbocycles. The van der Waals surface area contributed by atoms with E-state index in [9.17, 15) is 20.3 Å². The molecule has 0 spiro atoms. The second-order valence-electron chi connectivity index (χ2n) is 5.95. The van der Waals surface area contributed by atoms with Crippen LogP contribution in [0.4, 0.5) is 11.4 Å². The van der Waals surface area contributed by atoms with Crippen molar-refractivity contribution in [3.05, 3.63) is 58.1 Å². The molecule has 3 N–H and O–H groups in total. The molecule has 2 rings (SSSR count). The molecule has 0 aliphatic rings. The summed E-state index contributed by atoms with van der Waals surface area (Å²) in [4.78, 5) is 17.8. The predicted octanol–water partition coefficient (Wildman–Crippen LogP) is 3.91. The van der Waals surface area contributed by atoms with Crippen LogP contribution in [0.3, 0.4) is 0 Å². The third kappa shape index (κ3) is 9.62. The second kappa shape index (κ2) is 11.9. The Labute approximate surface area is 165 Å². The molecule has 9 nitrogen and oxygen atoms in total. The molecule has 27 heavy (non-hydrogen) atoms. The number of phenols is 2. The van der Waals surface area contributed by atoms with E-state index in [1.807, 2.05) is 0 Å². The van der Waals surface area contributed by atoms with Gasteiger partial charge in [-0.15, -0.1) is 0 Å². The van der Waals surface area contributed by atoms with E-state index < -0.39 is 10.5 Å². The second-order valence-corrected chi connectivity index (χ2v) is 5.95. The Balaban J connectivity index is 0.000000722. The molecule has 0 fully saturated rings. The fourth-order valence-electron chi connectivity index (χ4n) is 1.47.